The van der Waals surface area contributed by atoms with Gasteiger partial charge in [-0.2, -0.15) is 0 Å². The lowest BCUT2D eigenvalue weighted by Crippen LogP contribution is -2.03. The quantitative estimate of drug-likeness (QED) is 0.807. The van der Waals surface area contributed by atoms with Crippen LogP contribution < -0.4 is 0 Å². The van der Waals surface area contributed by atoms with Gasteiger partial charge in [0.25, 0.3) is 0 Å². The van der Waals surface area contributed by atoms with Gasteiger partial charge in [-0.15, -0.1) is 0 Å². The van der Waals surface area contributed by atoms with Gasteiger partial charge in [-0.1, -0.05) is 30.3 Å². The Morgan fingerprint density at radius 2 is 1.75 bits per heavy atom. The van der Waals surface area contributed by atoms with Gasteiger partial charge in [0.05, 0.1) is 5.92 Å². The van der Waals surface area contributed by atoms with Crippen LogP contribution in [0.15, 0.2) is 30.3 Å². The molecule has 1 aromatic carbocycles. The molecular formula is C12H12O4. The Bertz CT molecular complexity index is 412. The summed E-state index contributed by atoms with van der Waals surface area (Å²) in [7, 11) is 0. The molecule has 0 amide bonds. The summed E-state index contributed by atoms with van der Waals surface area (Å²) in [4.78, 5) is 21.5. The fourth-order valence-corrected chi connectivity index (χ4v) is 2.30. The van der Waals surface area contributed by atoms with E-state index in [0.717, 1.165) is 5.56 Å². The highest BCUT2D eigenvalue weighted by Gasteiger charge is 2.56. The predicted molar refractivity (Wildman–Crippen MR) is 56.1 cm³/mol. The molecule has 0 saturated heterocycles. The van der Waals surface area contributed by atoms with E-state index in [1.165, 1.54) is 0 Å². The van der Waals surface area contributed by atoms with Crippen molar-refractivity contribution in [2.45, 2.75) is 12.3 Å². The Hall–Kier alpha value is -1.84. The van der Waals surface area contributed by atoms with E-state index in [-0.39, 0.29) is 18.3 Å². The summed E-state index contributed by atoms with van der Waals surface area (Å²) in [5, 5.41) is 17.7. The van der Waals surface area contributed by atoms with Gasteiger partial charge in [-0.05, 0) is 11.5 Å². The number of carboxylic acids is 2. The third-order valence-electron chi connectivity index (χ3n) is 3.05. The molecule has 0 aliphatic heterocycles. The number of aliphatic carboxylic acids is 2. The molecule has 1 fully saturated rings. The lowest BCUT2D eigenvalue weighted by Gasteiger charge is -1.97. The Kier molecular flexibility index (Phi) is 2.64. The van der Waals surface area contributed by atoms with E-state index in [1.807, 2.05) is 30.3 Å². The summed E-state index contributed by atoms with van der Waals surface area (Å²) in [6.07, 6.45) is -0.0729. The van der Waals surface area contributed by atoms with Crippen LogP contribution in [-0.4, -0.2) is 22.2 Å². The first-order valence-electron chi connectivity index (χ1n) is 5.11. The second kappa shape index (κ2) is 3.96. The SMILES string of the molecule is O=C(O)C[C@@H]1[C@@H](C(=O)O)[C@@H]1c1ccccc1. The molecule has 4 nitrogen and oxygen atoms in total. The van der Waals surface area contributed by atoms with Crippen molar-refractivity contribution in [3.63, 3.8) is 0 Å². The van der Waals surface area contributed by atoms with Gasteiger partial charge in [0.15, 0.2) is 0 Å². The lowest BCUT2D eigenvalue weighted by molar-refractivity contribution is -0.139. The van der Waals surface area contributed by atoms with Crippen molar-refractivity contribution in [2.24, 2.45) is 11.8 Å². The van der Waals surface area contributed by atoms with Crippen LogP contribution >= 0.6 is 0 Å². The van der Waals surface area contributed by atoms with Gasteiger partial charge >= 0.3 is 11.9 Å². The molecule has 1 aliphatic rings. The number of benzene rings is 1. The van der Waals surface area contributed by atoms with Gasteiger partial charge in [-0.25, -0.2) is 0 Å². The van der Waals surface area contributed by atoms with E-state index in [1.54, 1.807) is 0 Å². The van der Waals surface area contributed by atoms with Crippen LogP contribution in [0.2, 0.25) is 0 Å². The van der Waals surface area contributed by atoms with Gasteiger partial charge < -0.3 is 10.2 Å². The smallest absolute Gasteiger partial charge is 0.307 e. The largest absolute Gasteiger partial charge is 0.481 e. The van der Waals surface area contributed by atoms with E-state index in [0.29, 0.717) is 0 Å². The normalized spacial score (nSPS) is 27.4. The first kappa shape index (κ1) is 10.7. The van der Waals surface area contributed by atoms with Gasteiger partial charge in [0.2, 0.25) is 0 Å². The predicted octanol–water partition coefficient (Wildman–Crippen LogP) is 1.58. The number of rotatable bonds is 4. The Morgan fingerprint density at radius 3 is 2.25 bits per heavy atom. The summed E-state index contributed by atoms with van der Waals surface area (Å²) in [5.74, 6) is -2.79. The molecule has 84 valence electrons. The molecule has 0 spiro atoms. The molecule has 2 N–H and O–H groups in total. The number of carboxylic acid groups (broad SMARTS) is 2. The molecular weight excluding hydrogens is 208 g/mol. The van der Waals surface area contributed by atoms with Gasteiger partial charge in [0, 0.05) is 12.3 Å². The van der Waals surface area contributed by atoms with Crippen LogP contribution in [-0.2, 0) is 9.59 Å². The van der Waals surface area contributed by atoms with Crippen molar-refractivity contribution in [3.8, 4) is 0 Å². The van der Waals surface area contributed by atoms with Crippen LogP contribution in [0.1, 0.15) is 17.9 Å². The van der Waals surface area contributed by atoms with Crippen LogP contribution in [0.4, 0.5) is 0 Å². The number of carbonyl (C=O) groups is 2. The summed E-state index contributed by atoms with van der Waals surface area (Å²) in [6, 6.07) is 9.23. The fourth-order valence-electron chi connectivity index (χ4n) is 2.30. The minimum absolute atomic E-state index is 0.0729. The number of hydrogen-bond donors (Lipinski definition) is 2. The Balaban J connectivity index is 2.16. The van der Waals surface area contributed by atoms with Crippen LogP contribution in [0.25, 0.3) is 0 Å². The minimum Gasteiger partial charge on any atom is -0.481 e. The molecule has 2 rings (SSSR count). The summed E-state index contributed by atoms with van der Waals surface area (Å²) < 4.78 is 0. The van der Waals surface area contributed by atoms with E-state index >= 15 is 0 Å². The molecule has 0 aromatic heterocycles. The zero-order valence-electron chi connectivity index (χ0n) is 8.54. The number of hydrogen-bond acceptors (Lipinski definition) is 2. The Morgan fingerprint density at radius 1 is 1.12 bits per heavy atom. The summed E-state index contributed by atoms with van der Waals surface area (Å²) in [5.41, 5.74) is 0.918. The maximum absolute atomic E-state index is 10.9. The topological polar surface area (TPSA) is 74.6 Å². The van der Waals surface area contributed by atoms with Crippen molar-refractivity contribution in [3.05, 3.63) is 35.9 Å². The highest BCUT2D eigenvalue weighted by molar-refractivity contribution is 5.79. The highest BCUT2D eigenvalue weighted by atomic mass is 16.4. The highest BCUT2D eigenvalue weighted by Crippen LogP contribution is 2.55. The van der Waals surface area contributed by atoms with Crippen LogP contribution in [0, 0.1) is 11.8 Å². The lowest BCUT2D eigenvalue weighted by atomic mass is 10.1. The molecule has 1 saturated carbocycles. The van der Waals surface area contributed by atoms with Crippen LogP contribution in [0.5, 0.6) is 0 Å². The molecule has 16 heavy (non-hydrogen) atoms. The maximum atomic E-state index is 10.9. The van der Waals surface area contributed by atoms with Crippen molar-refractivity contribution >= 4 is 11.9 Å². The zero-order valence-corrected chi connectivity index (χ0v) is 8.54. The fraction of sp³-hybridized carbons (Fsp3) is 0.333. The molecule has 0 radical (unpaired) electrons. The van der Waals surface area contributed by atoms with Crippen molar-refractivity contribution < 1.29 is 19.8 Å². The monoisotopic (exact) mass is 220 g/mol. The average molecular weight is 220 g/mol. The average Bonchev–Trinajstić information content (AvgIpc) is 2.92. The first-order chi connectivity index (χ1) is 7.61. The maximum Gasteiger partial charge on any atom is 0.307 e. The molecule has 1 aromatic rings. The van der Waals surface area contributed by atoms with E-state index in [2.05, 4.69) is 0 Å². The molecule has 0 unspecified atom stereocenters. The molecule has 0 bridgehead atoms. The van der Waals surface area contributed by atoms with E-state index in [4.69, 9.17) is 10.2 Å². The Labute approximate surface area is 92.5 Å². The molecule has 3 atom stereocenters. The minimum atomic E-state index is -0.935. The molecule has 4 heteroatoms. The van der Waals surface area contributed by atoms with Crippen molar-refractivity contribution in [1.29, 1.82) is 0 Å². The first-order valence-corrected chi connectivity index (χ1v) is 5.11. The summed E-state index contributed by atoms with van der Waals surface area (Å²) >= 11 is 0. The summed E-state index contributed by atoms with van der Waals surface area (Å²) in [6.45, 7) is 0. The third kappa shape index (κ3) is 1.91. The van der Waals surface area contributed by atoms with E-state index in [9.17, 15) is 9.59 Å². The standard InChI is InChI=1S/C12H12O4/c13-9(14)6-8-10(11(8)12(15)16)7-4-2-1-3-5-7/h1-5,8,10-11H,6H2,(H,13,14)(H,15,16)/t8-,10+,11+/m0/s1. The van der Waals surface area contributed by atoms with Gasteiger partial charge in [-0.3, -0.25) is 9.59 Å². The van der Waals surface area contributed by atoms with Gasteiger partial charge in [0.1, 0.15) is 0 Å². The van der Waals surface area contributed by atoms with Crippen molar-refractivity contribution in [2.75, 3.05) is 0 Å². The van der Waals surface area contributed by atoms with Crippen LogP contribution in [0.3, 0.4) is 0 Å². The third-order valence-corrected chi connectivity index (χ3v) is 3.05. The molecule has 1 aliphatic carbocycles. The van der Waals surface area contributed by atoms with Crippen molar-refractivity contribution in [1.82, 2.24) is 0 Å². The zero-order chi connectivity index (χ0) is 11.7. The second-order valence-corrected chi connectivity index (χ2v) is 4.06. The van der Waals surface area contributed by atoms with E-state index < -0.39 is 17.9 Å². The molecule has 0 heterocycles. The second-order valence-electron chi connectivity index (χ2n) is 4.06.